The molecule has 0 unspecified atom stereocenters. The van der Waals surface area contributed by atoms with Crippen LogP contribution in [-0.2, 0) is 17.5 Å². The zero-order valence-electron chi connectivity index (χ0n) is 17.9. The van der Waals surface area contributed by atoms with Crippen LogP contribution in [0.2, 0.25) is 0 Å². The molecule has 5 nitrogen and oxygen atoms in total. The van der Waals surface area contributed by atoms with Crippen molar-refractivity contribution in [1.29, 1.82) is 0 Å². The van der Waals surface area contributed by atoms with E-state index in [9.17, 15) is 18.0 Å². The molecule has 168 valence electrons. The second-order valence-corrected chi connectivity index (χ2v) is 8.03. The molecule has 0 aliphatic carbocycles. The number of nitrogens with one attached hydrogen (secondary N) is 1. The van der Waals surface area contributed by atoms with E-state index in [1.165, 1.54) is 12.1 Å². The molecule has 0 fully saturated rings. The van der Waals surface area contributed by atoms with Gasteiger partial charge < -0.3 is 14.8 Å². The first-order chi connectivity index (χ1) is 15.0. The Kier molecular flexibility index (Phi) is 6.43. The number of alkyl carbamates (subject to hydrolysis) is 1. The van der Waals surface area contributed by atoms with Crippen LogP contribution in [0.4, 0.5) is 18.0 Å². The lowest BCUT2D eigenvalue weighted by atomic mass is 10.0. The molecule has 1 N–H and O–H groups in total. The van der Waals surface area contributed by atoms with E-state index in [0.29, 0.717) is 16.8 Å². The van der Waals surface area contributed by atoms with E-state index >= 15 is 0 Å². The highest BCUT2D eigenvalue weighted by Crippen LogP contribution is 2.35. The zero-order valence-corrected chi connectivity index (χ0v) is 17.9. The zero-order chi connectivity index (χ0) is 23.5. The highest BCUT2D eigenvalue weighted by molar-refractivity contribution is 5.93. The van der Waals surface area contributed by atoms with E-state index < -0.39 is 23.4 Å². The van der Waals surface area contributed by atoms with Crippen molar-refractivity contribution < 1.29 is 27.4 Å². The molecule has 0 aliphatic heterocycles. The molecule has 1 amide bonds. The van der Waals surface area contributed by atoms with Gasteiger partial charge in [-0.2, -0.15) is 13.2 Å². The Morgan fingerprint density at radius 3 is 2.44 bits per heavy atom. The molecule has 32 heavy (non-hydrogen) atoms. The minimum atomic E-state index is -4.43. The van der Waals surface area contributed by atoms with E-state index in [1.807, 2.05) is 6.07 Å². The van der Waals surface area contributed by atoms with Gasteiger partial charge in [-0.05, 0) is 68.3 Å². The molecule has 0 saturated carbocycles. The summed E-state index contributed by atoms with van der Waals surface area (Å²) in [6, 6.07) is 9.66. The number of hydrogen-bond donors (Lipinski definition) is 1. The average molecular weight is 444 g/mol. The molecule has 1 aromatic heterocycles. The summed E-state index contributed by atoms with van der Waals surface area (Å²) in [7, 11) is 0. The average Bonchev–Trinajstić information content (AvgIpc) is 2.71. The fourth-order valence-electron chi connectivity index (χ4n) is 3.08. The first-order valence-electron chi connectivity index (χ1n) is 9.83. The molecule has 0 saturated heterocycles. The number of benzene rings is 2. The van der Waals surface area contributed by atoms with Gasteiger partial charge in [-0.3, -0.25) is 4.98 Å². The first-order valence-corrected chi connectivity index (χ1v) is 9.83. The number of nitrogens with zero attached hydrogens (tertiary/aromatic N) is 1. The van der Waals surface area contributed by atoms with Gasteiger partial charge in [0, 0.05) is 18.1 Å². The summed E-state index contributed by atoms with van der Waals surface area (Å²) in [5.41, 5.74) is 0.549. The number of halogens is 3. The summed E-state index contributed by atoms with van der Waals surface area (Å²) in [5.74, 6) is 0.564. The van der Waals surface area contributed by atoms with Crippen LogP contribution in [0.1, 0.15) is 37.5 Å². The molecule has 0 radical (unpaired) electrons. The molecule has 2 aromatic carbocycles. The molecule has 1 heterocycles. The van der Waals surface area contributed by atoms with E-state index in [-0.39, 0.29) is 12.3 Å². The number of pyridine rings is 1. The van der Waals surface area contributed by atoms with Gasteiger partial charge in [0.1, 0.15) is 16.9 Å². The Morgan fingerprint density at radius 1 is 1.16 bits per heavy atom. The van der Waals surface area contributed by atoms with Crippen molar-refractivity contribution in [2.75, 3.05) is 0 Å². The molecule has 3 aromatic rings. The summed E-state index contributed by atoms with van der Waals surface area (Å²) in [4.78, 5) is 16.5. The SMILES string of the molecule is C=Cc1c(CNC(=O)OC(C)(C)C)cc(Oc2ccc(C(F)(F)F)cc2)c2ncccc12. The highest BCUT2D eigenvalue weighted by atomic mass is 19.4. The van der Waals surface area contributed by atoms with Gasteiger partial charge in [0.05, 0.1) is 5.56 Å². The number of carbonyl (C=O) groups excluding carboxylic acids is 1. The Balaban J connectivity index is 1.95. The lowest BCUT2D eigenvalue weighted by Crippen LogP contribution is -2.32. The maximum absolute atomic E-state index is 12.8. The molecule has 0 bridgehead atoms. The molecule has 0 aliphatic rings. The van der Waals surface area contributed by atoms with E-state index in [1.54, 1.807) is 45.2 Å². The molecular weight excluding hydrogens is 421 g/mol. The third-order valence-corrected chi connectivity index (χ3v) is 4.42. The van der Waals surface area contributed by atoms with Crippen LogP contribution in [0.5, 0.6) is 11.5 Å². The van der Waals surface area contributed by atoms with Crippen molar-refractivity contribution in [3.63, 3.8) is 0 Å². The first kappa shape index (κ1) is 23.1. The Bertz CT molecular complexity index is 1130. The minimum absolute atomic E-state index is 0.129. The van der Waals surface area contributed by atoms with Gasteiger partial charge in [0.25, 0.3) is 0 Å². The number of fused-ring (bicyclic) bond motifs is 1. The quantitative estimate of drug-likeness (QED) is 0.475. The van der Waals surface area contributed by atoms with Crippen LogP contribution in [0, 0.1) is 0 Å². The molecule has 0 atom stereocenters. The van der Waals surface area contributed by atoms with Crippen molar-refractivity contribution in [3.05, 3.63) is 71.9 Å². The lowest BCUT2D eigenvalue weighted by molar-refractivity contribution is -0.137. The number of hydrogen-bond acceptors (Lipinski definition) is 4. The Hall–Kier alpha value is -3.55. The van der Waals surface area contributed by atoms with Crippen LogP contribution >= 0.6 is 0 Å². The normalized spacial score (nSPS) is 11.8. The van der Waals surface area contributed by atoms with Gasteiger partial charge >= 0.3 is 12.3 Å². The maximum Gasteiger partial charge on any atom is 0.416 e. The molecule has 3 rings (SSSR count). The van der Waals surface area contributed by atoms with Crippen LogP contribution < -0.4 is 10.1 Å². The summed E-state index contributed by atoms with van der Waals surface area (Å²) in [5, 5.41) is 3.43. The van der Waals surface area contributed by atoms with Crippen LogP contribution in [0.3, 0.4) is 0 Å². The van der Waals surface area contributed by atoms with Crippen molar-refractivity contribution in [2.45, 2.75) is 39.1 Å². The second-order valence-electron chi connectivity index (χ2n) is 8.03. The van der Waals surface area contributed by atoms with E-state index in [2.05, 4.69) is 16.9 Å². The van der Waals surface area contributed by atoms with E-state index in [0.717, 1.165) is 23.1 Å². The number of rotatable bonds is 5. The molecular formula is C24H23F3N2O3. The monoisotopic (exact) mass is 444 g/mol. The number of alkyl halides is 3. The van der Waals surface area contributed by atoms with Gasteiger partial charge in [-0.1, -0.05) is 18.7 Å². The maximum atomic E-state index is 12.8. The summed E-state index contributed by atoms with van der Waals surface area (Å²) in [6.45, 7) is 9.27. The lowest BCUT2D eigenvalue weighted by Gasteiger charge is -2.20. The summed E-state index contributed by atoms with van der Waals surface area (Å²) in [6.07, 6.45) is -1.77. The molecule has 0 spiro atoms. The van der Waals surface area contributed by atoms with Crippen molar-refractivity contribution in [2.24, 2.45) is 0 Å². The predicted molar refractivity (Wildman–Crippen MR) is 116 cm³/mol. The minimum Gasteiger partial charge on any atom is -0.455 e. The van der Waals surface area contributed by atoms with Gasteiger partial charge in [0.15, 0.2) is 5.75 Å². The number of ether oxygens (including phenoxy) is 2. The predicted octanol–water partition coefficient (Wildman–Crippen LogP) is 6.71. The van der Waals surface area contributed by atoms with Gasteiger partial charge in [-0.25, -0.2) is 4.79 Å². The fourth-order valence-corrected chi connectivity index (χ4v) is 3.08. The van der Waals surface area contributed by atoms with Gasteiger partial charge in [-0.15, -0.1) is 0 Å². The topological polar surface area (TPSA) is 60.5 Å². The van der Waals surface area contributed by atoms with Crippen molar-refractivity contribution >= 4 is 23.1 Å². The molecule has 8 heteroatoms. The summed E-state index contributed by atoms with van der Waals surface area (Å²) < 4.78 is 49.7. The van der Waals surface area contributed by atoms with Crippen LogP contribution in [0.15, 0.2) is 55.2 Å². The van der Waals surface area contributed by atoms with E-state index in [4.69, 9.17) is 9.47 Å². The number of carbonyl (C=O) groups is 1. The van der Waals surface area contributed by atoms with Gasteiger partial charge in [0.2, 0.25) is 0 Å². The Labute approximate surface area is 183 Å². The van der Waals surface area contributed by atoms with Crippen LogP contribution in [-0.4, -0.2) is 16.7 Å². The second kappa shape index (κ2) is 8.90. The largest absolute Gasteiger partial charge is 0.455 e. The third-order valence-electron chi connectivity index (χ3n) is 4.42. The number of amides is 1. The van der Waals surface area contributed by atoms with Crippen molar-refractivity contribution in [1.82, 2.24) is 10.3 Å². The fraction of sp³-hybridized carbons (Fsp3) is 0.250. The Morgan fingerprint density at radius 2 is 1.84 bits per heavy atom. The summed E-state index contributed by atoms with van der Waals surface area (Å²) >= 11 is 0. The standard InChI is InChI=1S/C24H23F3N2O3/c1-5-18-15(14-29-22(30)32-23(2,3)4)13-20(21-19(18)7-6-12-28-21)31-17-10-8-16(9-11-17)24(25,26)27/h5-13H,1,14H2,2-4H3,(H,29,30). The highest BCUT2D eigenvalue weighted by Gasteiger charge is 2.30. The van der Waals surface area contributed by atoms with Crippen molar-refractivity contribution in [3.8, 4) is 11.5 Å². The smallest absolute Gasteiger partial charge is 0.416 e. The number of aromatic nitrogens is 1. The van der Waals surface area contributed by atoms with Crippen LogP contribution in [0.25, 0.3) is 17.0 Å². The third kappa shape index (κ3) is 5.57.